The average molecular weight is 429 g/mol. The van der Waals surface area contributed by atoms with Crippen LogP contribution in [0.15, 0.2) is 18.2 Å². The maximum Gasteiger partial charge on any atom is 0.254 e. The van der Waals surface area contributed by atoms with E-state index in [2.05, 4.69) is 29.5 Å². The van der Waals surface area contributed by atoms with Crippen LogP contribution < -0.4 is 5.73 Å². The summed E-state index contributed by atoms with van der Waals surface area (Å²) >= 11 is 8.24. The first-order valence-electron chi connectivity index (χ1n) is 6.49. The Labute approximate surface area is 144 Å². The number of nitrogens with two attached hydrogens (primary N) is 1. The van der Waals surface area contributed by atoms with Crippen molar-refractivity contribution in [3.8, 4) is 0 Å². The maximum atomic E-state index is 12.5. The fourth-order valence-electron chi connectivity index (χ4n) is 2.54. The number of benzene rings is 1. The fraction of sp³-hybridized carbons (Fsp3) is 0.500. The number of likely N-dealkylation sites (tertiary alicyclic amines) is 1. The molecule has 20 heavy (non-hydrogen) atoms. The molecule has 0 aromatic heterocycles. The molecule has 6 heteroatoms. The van der Waals surface area contributed by atoms with Crippen molar-refractivity contribution < 1.29 is 4.79 Å². The molecular weight excluding hydrogens is 410 g/mol. The van der Waals surface area contributed by atoms with Gasteiger partial charge in [-0.15, -0.1) is 12.4 Å². The van der Waals surface area contributed by atoms with Gasteiger partial charge in [0.2, 0.25) is 0 Å². The van der Waals surface area contributed by atoms with E-state index in [0.29, 0.717) is 23.0 Å². The van der Waals surface area contributed by atoms with E-state index in [1.54, 1.807) is 6.07 Å². The summed E-state index contributed by atoms with van der Waals surface area (Å²) in [6.45, 7) is 3.52. The van der Waals surface area contributed by atoms with Crippen LogP contribution in [0.1, 0.15) is 30.1 Å². The molecule has 2 unspecified atom stereocenters. The van der Waals surface area contributed by atoms with Gasteiger partial charge in [-0.2, -0.15) is 0 Å². The highest BCUT2D eigenvalue weighted by Gasteiger charge is 2.29. The number of carbonyl (C=O) groups excluding carboxylic acids is 1. The highest BCUT2D eigenvalue weighted by atomic mass is 127. The molecule has 1 aromatic rings. The highest BCUT2D eigenvalue weighted by molar-refractivity contribution is 14.1. The van der Waals surface area contributed by atoms with Crippen molar-refractivity contribution in [3.63, 3.8) is 0 Å². The monoisotopic (exact) mass is 428 g/mol. The SMILES string of the molecule is CC1CCN(C(=O)c2ccc(I)c(Cl)c2)C(CN)C1.Cl. The van der Waals surface area contributed by atoms with Crippen LogP contribution in [0, 0.1) is 9.49 Å². The van der Waals surface area contributed by atoms with Crippen LogP contribution in [0.4, 0.5) is 0 Å². The maximum absolute atomic E-state index is 12.5. The molecule has 1 aliphatic rings. The molecule has 1 fully saturated rings. The Hall–Kier alpha value is -0.0400. The largest absolute Gasteiger partial charge is 0.334 e. The Morgan fingerprint density at radius 1 is 1.55 bits per heavy atom. The zero-order valence-corrected chi connectivity index (χ0v) is 15.0. The van der Waals surface area contributed by atoms with Crippen molar-refractivity contribution in [3.05, 3.63) is 32.4 Å². The number of amides is 1. The van der Waals surface area contributed by atoms with E-state index >= 15 is 0 Å². The summed E-state index contributed by atoms with van der Waals surface area (Å²) in [7, 11) is 0. The number of nitrogens with zero attached hydrogens (tertiary/aromatic N) is 1. The van der Waals surface area contributed by atoms with Crippen LogP contribution in [-0.2, 0) is 0 Å². The van der Waals surface area contributed by atoms with Gasteiger partial charge in [-0.05, 0) is 59.5 Å². The number of piperidine rings is 1. The van der Waals surface area contributed by atoms with Crippen molar-refractivity contribution in [1.82, 2.24) is 4.90 Å². The Balaban J connectivity index is 0.00000200. The van der Waals surface area contributed by atoms with Crippen molar-refractivity contribution in [1.29, 1.82) is 0 Å². The molecule has 1 saturated heterocycles. The summed E-state index contributed by atoms with van der Waals surface area (Å²) in [5, 5.41) is 0.626. The van der Waals surface area contributed by atoms with Crippen LogP contribution in [0.2, 0.25) is 5.02 Å². The lowest BCUT2D eigenvalue weighted by Gasteiger charge is -2.38. The van der Waals surface area contributed by atoms with Crippen molar-refractivity contribution in [2.24, 2.45) is 11.7 Å². The molecule has 0 radical (unpaired) electrons. The van der Waals surface area contributed by atoms with Gasteiger partial charge in [0.25, 0.3) is 5.91 Å². The van der Waals surface area contributed by atoms with Gasteiger partial charge in [0.1, 0.15) is 0 Å². The second kappa shape index (κ2) is 7.82. The Morgan fingerprint density at radius 2 is 2.25 bits per heavy atom. The predicted molar refractivity (Wildman–Crippen MR) is 93.7 cm³/mol. The van der Waals surface area contributed by atoms with E-state index in [4.69, 9.17) is 17.3 Å². The average Bonchev–Trinajstić information content (AvgIpc) is 2.41. The van der Waals surface area contributed by atoms with Crippen LogP contribution >= 0.6 is 46.6 Å². The van der Waals surface area contributed by atoms with E-state index in [0.717, 1.165) is 23.0 Å². The quantitative estimate of drug-likeness (QED) is 0.732. The topological polar surface area (TPSA) is 46.3 Å². The Bertz CT molecular complexity index is 484. The number of hydrogen-bond donors (Lipinski definition) is 1. The van der Waals surface area contributed by atoms with E-state index in [1.165, 1.54) is 0 Å². The van der Waals surface area contributed by atoms with Crippen molar-refractivity contribution in [2.75, 3.05) is 13.1 Å². The second-order valence-corrected chi connectivity index (χ2v) is 6.72. The standard InChI is InChI=1S/C14H18ClIN2O.ClH/c1-9-4-5-18(11(6-9)8-17)14(19)10-2-3-13(16)12(15)7-10;/h2-3,7,9,11H,4-6,8,17H2,1H3;1H. The van der Waals surface area contributed by atoms with E-state index in [1.807, 2.05) is 17.0 Å². The molecule has 0 spiro atoms. The molecule has 1 aromatic carbocycles. The van der Waals surface area contributed by atoms with Crippen LogP contribution in [-0.4, -0.2) is 29.9 Å². The summed E-state index contributed by atoms with van der Waals surface area (Å²) in [5.41, 5.74) is 6.46. The van der Waals surface area contributed by atoms with Crippen LogP contribution in [0.5, 0.6) is 0 Å². The minimum absolute atomic E-state index is 0. The number of hydrogen-bond acceptors (Lipinski definition) is 2. The van der Waals surface area contributed by atoms with Gasteiger partial charge in [-0.3, -0.25) is 4.79 Å². The normalized spacial score (nSPS) is 22.3. The minimum atomic E-state index is 0. The lowest BCUT2D eigenvalue weighted by molar-refractivity contribution is 0.0573. The summed E-state index contributed by atoms with van der Waals surface area (Å²) in [6, 6.07) is 5.60. The summed E-state index contributed by atoms with van der Waals surface area (Å²) in [4.78, 5) is 14.4. The fourth-order valence-corrected chi connectivity index (χ4v) is 3.05. The first-order valence-corrected chi connectivity index (χ1v) is 7.94. The molecule has 2 atom stereocenters. The third-order valence-electron chi connectivity index (χ3n) is 3.68. The van der Waals surface area contributed by atoms with Gasteiger partial charge in [-0.1, -0.05) is 18.5 Å². The number of halogens is 3. The lowest BCUT2D eigenvalue weighted by Crippen LogP contribution is -2.49. The van der Waals surface area contributed by atoms with E-state index in [9.17, 15) is 4.79 Å². The molecule has 1 amide bonds. The van der Waals surface area contributed by atoms with Crippen molar-refractivity contribution in [2.45, 2.75) is 25.8 Å². The Kier molecular flexibility index (Phi) is 7.04. The molecule has 2 rings (SSSR count). The van der Waals surface area contributed by atoms with Gasteiger partial charge >= 0.3 is 0 Å². The first kappa shape index (κ1) is 18.0. The molecule has 3 nitrogen and oxygen atoms in total. The van der Waals surface area contributed by atoms with Gasteiger partial charge in [0.15, 0.2) is 0 Å². The van der Waals surface area contributed by atoms with Crippen LogP contribution in [0.25, 0.3) is 0 Å². The molecule has 0 bridgehead atoms. The molecular formula is C14H19Cl2IN2O. The van der Waals surface area contributed by atoms with Crippen LogP contribution in [0.3, 0.4) is 0 Å². The Morgan fingerprint density at radius 3 is 2.85 bits per heavy atom. The highest BCUT2D eigenvalue weighted by Crippen LogP contribution is 2.25. The third kappa shape index (κ3) is 4.00. The molecule has 112 valence electrons. The molecule has 0 saturated carbocycles. The van der Waals surface area contributed by atoms with Gasteiger partial charge < -0.3 is 10.6 Å². The van der Waals surface area contributed by atoms with Gasteiger partial charge in [0, 0.05) is 28.3 Å². The molecule has 1 heterocycles. The zero-order chi connectivity index (χ0) is 14.0. The minimum Gasteiger partial charge on any atom is -0.334 e. The second-order valence-electron chi connectivity index (χ2n) is 5.15. The number of rotatable bonds is 2. The lowest BCUT2D eigenvalue weighted by atomic mass is 9.92. The summed E-state index contributed by atoms with van der Waals surface area (Å²) in [5.74, 6) is 0.679. The molecule has 2 N–H and O–H groups in total. The summed E-state index contributed by atoms with van der Waals surface area (Å²) < 4.78 is 0.957. The third-order valence-corrected chi connectivity index (χ3v) is 5.25. The first-order chi connectivity index (χ1) is 9.02. The van der Waals surface area contributed by atoms with Gasteiger partial charge in [0.05, 0.1) is 5.02 Å². The molecule has 0 aliphatic carbocycles. The molecule has 1 aliphatic heterocycles. The van der Waals surface area contributed by atoms with E-state index < -0.39 is 0 Å². The zero-order valence-electron chi connectivity index (χ0n) is 11.3. The summed E-state index contributed by atoms with van der Waals surface area (Å²) in [6.07, 6.45) is 2.03. The van der Waals surface area contributed by atoms with Crippen molar-refractivity contribution >= 4 is 52.5 Å². The predicted octanol–water partition coefficient (Wildman–Crippen LogP) is 3.57. The van der Waals surface area contributed by atoms with Gasteiger partial charge in [-0.25, -0.2) is 0 Å². The smallest absolute Gasteiger partial charge is 0.254 e. The number of carbonyl (C=O) groups is 1. The van der Waals surface area contributed by atoms with E-state index in [-0.39, 0.29) is 24.4 Å².